The molecule has 2 aromatic rings. The number of nitrogens with zero attached hydrogens (tertiary/aromatic N) is 3. The lowest BCUT2D eigenvalue weighted by Gasteiger charge is -2.27. The molecular weight excluding hydrogens is 373 g/mol. The summed E-state index contributed by atoms with van der Waals surface area (Å²) in [7, 11) is 0. The van der Waals surface area contributed by atoms with Crippen molar-refractivity contribution in [1.82, 2.24) is 14.8 Å². The largest absolute Gasteiger partial charge is 0.417 e. The Morgan fingerprint density at radius 1 is 1.19 bits per heavy atom. The van der Waals surface area contributed by atoms with Crippen molar-refractivity contribution in [3.63, 3.8) is 0 Å². The van der Waals surface area contributed by atoms with Gasteiger partial charge in [-0.15, -0.1) is 0 Å². The number of nitrogens with one attached hydrogen (secondary N) is 1. The molecule has 0 spiro atoms. The molecule has 10 heteroatoms. The summed E-state index contributed by atoms with van der Waals surface area (Å²) in [5, 5.41) is 16.5. The van der Waals surface area contributed by atoms with Gasteiger partial charge in [0.25, 0.3) is 5.56 Å². The Bertz CT molecular complexity index is 831. The Kier molecular flexibility index (Phi) is 5.19. The van der Waals surface area contributed by atoms with Crippen LogP contribution in [0.4, 0.5) is 18.9 Å². The predicted molar refractivity (Wildman–Crippen MR) is 89.5 cm³/mol. The number of aromatic nitrogens is 3. The highest BCUT2D eigenvalue weighted by atomic mass is 35.5. The molecule has 6 nitrogen and oxygen atoms in total. The molecule has 2 aromatic heterocycles. The zero-order valence-corrected chi connectivity index (χ0v) is 14.3. The van der Waals surface area contributed by atoms with Gasteiger partial charge in [0, 0.05) is 12.2 Å². The van der Waals surface area contributed by atoms with Crippen molar-refractivity contribution in [1.29, 1.82) is 0 Å². The molecular formula is C16H16ClF3N4O2. The van der Waals surface area contributed by atoms with E-state index in [0.29, 0.717) is 24.7 Å². The fourth-order valence-electron chi connectivity index (χ4n) is 2.82. The highest BCUT2D eigenvalue weighted by Crippen LogP contribution is 2.29. The summed E-state index contributed by atoms with van der Waals surface area (Å²) in [6, 6.07) is 1.95. The summed E-state index contributed by atoms with van der Waals surface area (Å²) in [6.07, 6.45) is -0.0408. The molecule has 140 valence electrons. The number of hydrogen-bond acceptors (Lipinski definition) is 5. The van der Waals surface area contributed by atoms with E-state index in [4.69, 9.17) is 11.6 Å². The van der Waals surface area contributed by atoms with Crippen molar-refractivity contribution in [2.45, 2.75) is 44.0 Å². The molecule has 2 heterocycles. The number of hydrogen-bond donors (Lipinski definition) is 2. The third-order valence-corrected chi connectivity index (χ3v) is 4.63. The molecule has 0 radical (unpaired) electrons. The molecule has 1 aliphatic carbocycles. The van der Waals surface area contributed by atoms with Crippen molar-refractivity contribution in [2.75, 3.05) is 5.32 Å². The van der Waals surface area contributed by atoms with Crippen molar-refractivity contribution < 1.29 is 18.3 Å². The van der Waals surface area contributed by atoms with Gasteiger partial charge in [0.1, 0.15) is 5.02 Å². The minimum absolute atomic E-state index is 0.0581. The predicted octanol–water partition coefficient (Wildman–Crippen LogP) is 3.02. The average molecular weight is 389 g/mol. The maximum atomic E-state index is 12.6. The quantitative estimate of drug-likeness (QED) is 0.845. The fraction of sp³-hybridized carbons (Fsp3) is 0.438. The van der Waals surface area contributed by atoms with Gasteiger partial charge in [-0.05, 0) is 37.8 Å². The second-order valence-corrected chi connectivity index (χ2v) is 6.52. The first-order valence-corrected chi connectivity index (χ1v) is 8.39. The minimum Gasteiger partial charge on any atom is -0.393 e. The van der Waals surface area contributed by atoms with Crippen LogP contribution in [0.1, 0.15) is 31.2 Å². The topological polar surface area (TPSA) is 80.0 Å². The third kappa shape index (κ3) is 3.99. The van der Waals surface area contributed by atoms with Gasteiger partial charge in [-0.25, -0.2) is 4.98 Å². The van der Waals surface area contributed by atoms with E-state index in [1.807, 2.05) is 0 Å². The number of pyridine rings is 1. The fourth-order valence-corrected chi connectivity index (χ4v) is 3.00. The van der Waals surface area contributed by atoms with Gasteiger partial charge >= 0.3 is 6.18 Å². The second-order valence-electron chi connectivity index (χ2n) is 6.14. The number of alkyl halides is 3. The van der Waals surface area contributed by atoms with Crippen LogP contribution >= 0.6 is 11.6 Å². The Labute approximate surface area is 151 Å². The maximum Gasteiger partial charge on any atom is 0.417 e. The van der Waals surface area contributed by atoms with E-state index in [1.54, 1.807) is 0 Å². The van der Waals surface area contributed by atoms with Crippen LogP contribution in [0.2, 0.25) is 5.02 Å². The minimum atomic E-state index is -4.51. The number of rotatable bonds is 3. The van der Waals surface area contributed by atoms with Gasteiger partial charge in [0.05, 0.1) is 23.6 Å². The Hall–Kier alpha value is -2.13. The Balaban J connectivity index is 1.82. The van der Waals surface area contributed by atoms with E-state index >= 15 is 0 Å². The molecule has 2 N–H and O–H groups in total. The summed E-state index contributed by atoms with van der Waals surface area (Å²) >= 11 is 6.11. The van der Waals surface area contributed by atoms with E-state index in [0.717, 1.165) is 29.7 Å². The Morgan fingerprint density at radius 3 is 2.46 bits per heavy atom. The summed E-state index contributed by atoms with van der Waals surface area (Å²) in [4.78, 5) is 16.0. The van der Waals surface area contributed by atoms with Gasteiger partial charge in [-0.2, -0.15) is 23.0 Å². The SMILES string of the molecule is O=c1c(Cl)c(NC2CCC(O)CC2)cnn1-c1ccc(C(F)(F)F)cn1. The monoisotopic (exact) mass is 388 g/mol. The van der Waals surface area contributed by atoms with Gasteiger partial charge in [0.15, 0.2) is 5.82 Å². The molecule has 1 fully saturated rings. The highest BCUT2D eigenvalue weighted by molar-refractivity contribution is 6.32. The van der Waals surface area contributed by atoms with E-state index < -0.39 is 17.3 Å². The van der Waals surface area contributed by atoms with Gasteiger partial charge in [0.2, 0.25) is 0 Å². The lowest BCUT2D eigenvalue weighted by Crippen LogP contribution is -2.30. The molecule has 3 rings (SSSR count). The molecule has 26 heavy (non-hydrogen) atoms. The molecule has 0 bridgehead atoms. The molecule has 0 amide bonds. The lowest BCUT2D eigenvalue weighted by atomic mass is 9.93. The molecule has 1 saturated carbocycles. The molecule has 0 saturated heterocycles. The zero-order chi connectivity index (χ0) is 18.9. The first-order chi connectivity index (χ1) is 12.3. The van der Waals surface area contributed by atoms with Crippen molar-refractivity contribution >= 4 is 17.3 Å². The van der Waals surface area contributed by atoms with E-state index in [1.165, 1.54) is 6.20 Å². The van der Waals surface area contributed by atoms with Gasteiger partial charge in [-0.1, -0.05) is 11.6 Å². The maximum absolute atomic E-state index is 12.6. The van der Waals surface area contributed by atoms with Gasteiger partial charge in [-0.3, -0.25) is 4.79 Å². The number of halogens is 4. The smallest absolute Gasteiger partial charge is 0.393 e. The van der Waals surface area contributed by atoms with Crippen LogP contribution in [-0.4, -0.2) is 32.0 Å². The molecule has 0 atom stereocenters. The van der Waals surface area contributed by atoms with Crippen LogP contribution in [0, 0.1) is 0 Å². The van der Waals surface area contributed by atoms with E-state index in [2.05, 4.69) is 15.4 Å². The van der Waals surface area contributed by atoms with E-state index in [-0.39, 0.29) is 23.0 Å². The van der Waals surface area contributed by atoms with Crippen molar-refractivity contribution in [3.05, 3.63) is 45.5 Å². The molecule has 1 aliphatic rings. The van der Waals surface area contributed by atoms with Crippen LogP contribution in [0.15, 0.2) is 29.3 Å². The summed E-state index contributed by atoms with van der Waals surface area (Å²) < 4.78 is 38.6. The lowest BCUT2D eigenvalue weighted by molar-refractivity contribution is -0.137. The Morgan fingerprint density at radius 2 is 1.88 bits per heavy atom. The zero-order valence-electron chi connectivity index (χ0n) is 13.5. The standard InChI is InChI=1S/C16H16ClF3N4O2/c17-14-12(23-10-2-4-11(25)5-3-10)8-22-24(15(14)26)13-6-1-9(7-21-13)16(18,19)20/h1,6-8,10-11,23,25H,2-5H2. The van der Waals surface area contributed by atoms with Crippen LogP contribution in [0.3, 0.4) is 0 Å². The normalized spacial score (nSPS) is 20.8. The van der Waals surface area contributed by atoms with Crippen LogP contribution in [0.5, 0.6) is 0 Å². The second kappa shape index (κ2) is 7.24. The summed E-state index contributed by atoms with van der Waals surface area (Å²) in [5.41, 5.74) is -1.25. The first kappa shape index (κ1) is 18.7. The molecule has 0 unspecified atom stereocenters. The van der Waals surface area contributed by atoms with Crippen molar-refractivity contribution in [3.8, 4) is 5.82 Å². The number of aliphatic hydroxyl groups excluding tert-OH is 1. The van der Waals surface area contributed by atoms with E-state index in [9.17, 15) is 23.1 Å². The number of anilines is 1. The summed E-state index contributed by atoms with van der Waals surface area (Å²) in [5.74, 6) is -0.0581. The average Bonchev–Trinajstić information content (AvgIpc) is 2.60. The van der Waals surface area contributed by atoms with Gasteiger partial charge < -0.3 is 10.4 Å². The molecule has 0 aliphatic heterocycles. The summed E-state index contributed by atoms with van der Waals surface area (Å²) in [6.45, 7) is 0. The third-order valence-electron chi connectivity index (χ3n) is 4.27. The number of aliphatic hydroxyl groups is 1. The first-order valence-electron chi connectivity index (χ1n) is 8.02. The van der Waals surface area contributed by atoms with Crippen LogP contribution in [0.25, 0.3) is 5.82 Å². The molecule has 0 aromatic carbocycles. The van der Waals surface area contributed by atoms with Crippen LogP contribution in [-0.2, 0) is 6.18 Å². The van der Waals surface area contributed by atoms with Crippen molar-refractivity contribution in [2.24, 2.45) is 0 Å². The van der Waals surface area contributed by atoms with Crippen LogP contribution < -0.4 is 10.9 Å². The highest BCUT2D eigenvalue weighted by Gasteiger charge is 2.30.